The van der Waals surface area contributed by atoms with Crippen molar-refractivity contribution in [2.45, 2.75) is 57.8 Å². The first kappa shape index (κ1) is 28.2. The lowest BCUT2D eigenvalue weighted by Crippen LogP contribution is -2.17. The summed E-state index contributed by atoms with van der Waals surface area (Å²) in [7, 11) is 1.36. The van der Waals surface area contributed by atoms with Crippen LogP contribution in [0.2, 0.25) is 5.02 Å². The number of carbonyl (C=O) groups excluding carboxylic acids is 2. The van der Waals surface area contributed by atoms with Crippen molar-refractivity contribution >= 4 is 51.6 Å². The first-order valence-corrected chi connectivity index (χ1v) is 14.5. The number of esters is 1. The van der Waals surface area contributed by atoms with Gasteiger partial charge in [0, 0.05) is 11.4 Å². The van der Waals surface area contributed by atoms with Crippen molar-refractivity contribution in [1.82, 2.24) is 14.8 Å². The summed E-state index contributed by atoms with van der Waals surface area (Å²) in [5.74, 6) is 1.14. The molecule has 0 saturated carbocycles. The molecule has 1 aromatic carbocycles. The normalized spacial score (nSPS) is 15.4. The number of hydrogen-bond donors (Lipinski definition) is 1. The van der Waals surface area contributed by atoms with Crippen molar-refractivity contribution in [2.75, 3.05) is 18.2 Å². The molecule has 0 saturated heterocycles. The van der Waals surface area contributed by atoms with Gasteiger partial charge in [0.05, 0.1) is 23.4 Å². The van der Waals surface area contributed by atoms with E-state index < -0.39 is 12.1 Å². The van der Waals surface area contributed by atoms with Crippen molar-refractivity contribution in [3.63, 3.8) is 0 Å². The van der Waals surface area contributed by atoms with Crippen LogP contribution >= 0.6 is 34.7 Å². The average Bonchev–Trinajstić information content (AvgIpc) is 3.45. The molecule has 2 aromatic heterocycles. The molecule has 0 radical (unpaired) electrons. The molecule has 202 valence electrons. The number of nitrogens with one attached hydrogen (secondary N) is 1. The van der Waals surface area contributed by atoms with Crippen LogP contribution in [0.5, 0.6) is 5.75 Å². The number of thioether (sulfide) groups is 1. The molecule has 3 aromatic rings. The van der Waals surface area contributed by atoms with Gasteiger partial charge in [0.2, 0.25) is 5.91 Å². The highest BCUT2D eigenvalue weighted by Crippen LogP contribution is 2.40. The Kier molecular flexibility index (Phi) is 9.17. The molecule has 2 unspecified atom stereocenters. The van der Waals surface area contributed by atoms with E-state index in [-0.39, 0.29) is 11.7 Å². The number of methoxy groups -OCH3 is 1. The number of nitrogens with zero attached hydrogens (tertiary/aromatic N) is 3. The molecule has 1 aliphatic rings. The van der Waals surface area contributed by atoms with Crippen molar-refractivity contribution in [3.05, 3.63) is 63.3 Å². The summed E-state index contributed by atoms with van der Waals surface area (Å²) in [6, 6.07) is 5.59. The summed E-state index contributed by atoms with van der Waals surface area (Å²) >= 11 is 9.03. The third kappa shape index (κ3) is 6.24. The average molecular weight is 575 g/mol. The third-order valence-corrected chi connectivity index (χ3v) is 8.75. The first-order chi connectivity index (χ1) is 18.2. The minimum absolute atomic E-state index is 0.0911. The SMILES string of the molecule is C=CCn1c(SCC(=O)Nc2sc3c(c2C(=O)OC)CCC(C)C3)nnc1C(C)Oc1cc(C)ccc1Cl. The number of ether oxygens (including phenoxy) is 2. The zero-order valence-corrected chi connectivity index (χ0v) is 24.3. The van der Waals surface area contributed by atoms with Crippen LogP contribution < -0.4 is 10.1 Å². The fourth-order valence-electron chi connectivity index (χ4n) is 4.40. The quantitative estimate of drug-likeness (QED) is 0.173. The number of benzene rings is 1. The number of amides is 1. The largest absolute Gasteiger partial charge is 0.481 e. The van der Waals surface area contributed by atoms with Gasteiger partial charge in [-0.1, -0.05) is 42.4 Å². The predicted molar refractivity (Wildman–Crippen MR) is 152 cm³/mol. The van der Waals surface area contributed by atoms with Gasteiger partial charge in [-0.25, -0.2) is 4.79 Å². The van der Waals surface area contributed by atoms with Crippen LogP contribution in [0.3, 0.4) is 0 Å². The molecular weight excluding hydrogens is 544 g/mol. The Morgan fingerprint density at radius 1 is 1.39 bits per heavy atom. The molecule has 0 spiro atoms. The van der Waals surface area contributed by atoms with Gasteiger partial charge in [-0.15, -0.1) is 28.1 Å². The van der Waals surface area contributed by atoms with Gasteiger partial charge < -0.3 is 14.8 Å². The van der Waals surface area contributed by atoms with Crippen molar-refractivity contribution in [1.29, 1.82) is 0 Å². The molecule has 1 amide bonds. The van der Waals surface area contributed by atoms with Gasteiger partial charge in [0.25, 0.3) is 0 Å². The number of aryl methyl sites for hydroxylation is 1. The molecule has 38 heavy (non-hydrogen) atoms. The fourth-order valence-corrected chi connectivity index (χ4v) is 6.73. The zero-order valence-electron chi connectivity index (χ0n) is 21.9. The minimum atomic E-state index is -0.438. The second-order valence-corrected chi connectivity index (χ2v) is 11.8. The maximum absolute atomic E-state index is 13.0. The fraction of sp³-hybridized carbons (Fsp3) is 0.407. The summed E-state index contributed by atoms with van der Waals surface area (Å²) in [6.45, 7) is 10.3. The number of hydrogen-bond acceptors (Lipinski definition) is 8. The summed E-state index contributed by atoms with van der Waals surface area (Å²) in [4.78, 5) is 26.6. The summed E-state index contributed by atoms with van der Waals surface area (Å²) < 4.78 is 13.0. The first-order valence-electron chi connectivity index (χ1n) is 12.3. The third-order valence-electron chi connectivity index (χ3n) is 6.30. The van der Waals surface area contributed by atoms with Gasteiger partial charge in [-0.2, -0.15) is 0 Å². The highest BCUT2D eigenvalue weighted by atomic mass is 35.5. The number of fused-ring (bicyclic) bond motifs is 1. The standard InChI is InChI=1S/C27H31ClN4O4S2/c1-6-11-32-24(17(4)36-20-12-15(2)8-10-19(20)28)30-31-27(32)37-14-22(33)29-25-23(26(34)35-5)18-9-7-16(3)13-21(18)38-25/h6,8,10,12,16-17H,1,7,9,11,13-14H2,2-5H3,(H,29,33). The van der Waals surface area contributed by atoms with Gasteiger partial charge in [0.15, 0.2) is 17.1 Å². The molecule has 0 aliphatic heterocycles. The van der Waals surface area contributed by atoms with Crippen molar-refractivity contribution < 1.29 is 19.1 Å². The number of thiophene rings is 1. The van der Waals surface area contributed by atoms with Crippen molar-refractivity contribution in [3.8, 4) is 5.75 Å². The van der Waals surface area contributed by atoms with Gasteiger partial charge >= 0.3 is 5.97 Å². The number of carbonyl (C=O) groups is 2. The molecule has 2 atom stereocenters. The molecule has 0 fully saturated rings. The summed E-state index contributed by atoms with van der Waals surface area (Å²) in [5.41, 5.74) is 2.51. The highest BCUT2D eigenvalue weighted by molar-refractivity contribution is 7.99. The molecule has 8 nitrogen and oxygen atoms in total. The Morgan fingerprint density at radius 2 is 2.18 bits per heavy atom. The monoisotopic (exact) mass is 574 g/mol. The Bertz CT molecular complexity index is 1350. The zero-order chi connectivity index (χ0) is 27.4. The second kappa shape index (κ2) is 12.4. The Labute approximate surface area is 235 Å². The van der Waals surface area contributed by atoms with E-state index >= 15 is 0 Å². The van der Waals surface area contributed by atoms with E-state index in [0.29, 0.717) is 44.8 Å². The molecule has 4 rings (SSSR count). The molecule has 0 bridgehead atoms. The minimum Gasteiger partial charge on any atom is -0.481 e. The topological polar surface area (TPSA) is 95.3 Å². The van der Waals surface area contributed by atoms with Crippen LogP contribution in [0.25, 0.3) is 0 Å². The number of allylic oxidation sites excluding steroid dienone is 1. The lowest BCUT2D eigenvalue weighted by molar-refractivity contribution is -0.113. The van der Waals surface area contributed by atoms with Crippen molar-refractivity contribution in [2.24, 2.45) is 5.92 Å². The van der Waals surface area contributed by atoms with Crippen LogP contribution in [0.15, 0.2) is 36.0 Å². The number of anilines is 1. The van der Waals surface area contributed by atoms with Gasteiger partial charge in [-0.3, -0.25) is 9.36 Å². The van der Waals surface area contributed by atoms with E-state index in [1.165, 1.54) is 30.2 Å². The van der Waals surface area contributed by atoms with E-state index in [2.05, 4.69) is 29.0 Å². The van der Waals surface area contributed by atoms with Crippen LogP contribution in [-0.2, 0) is 28.9 Å². The van der Waals surface area contributed by atoms with E-state index in [1.54, 1.807) is 12.1 Å². The summed E-state index contributed by atoms with van der Waals surface area (Å²) in [5, 5.41) is 13.2. The Balaban J connectivity index is 1.47. The smallest absolute Gasteiger partial charge is 0.341 e. The lowest BCUT2D eigenvalue weighted by atomic mass is 9.88. The maximum atomic E-state index is 13.0. The predicted octanol–water partition coefficient (Wildman–Crippen LogP) is 6.27. The van der Waals surface area contributed by atoms with E-state index in [1.807, 2.05) is 30.5 Å². The number of rotatable bonds is 10. The maximum Gasteiger partial charge on any atom is 0.341 e. The lowest BCUT2D eigenvalue weighted by Gasteiger charge is -2.18. The highest BCUT2D eigenvalue weighted by Gasteiger charge is 2.29. The van der Waals surface area contributed by atoms with Crippen LogP contribution in [0, 0.1) is 12.8 Å². The molecule has 1 aliphatic carbocycles. The van der Waals surface area contributed by atoms with E-state index in [9.17, 15) is 9.59 Å². The van der Waals surface area contributed by atoms with Gasteiger partial charge in [-0.05, 0) is 62.3 Å². The van der Waals surface area contributed by atoms with Crippen LogP contribution in [-0.4, -0.2) is 39.5 Å². The number of aromatic nitrogens is 3. The number of halogens is 1. The Hall–Kier alpha value is -2.82. The molecular formula is C27H31ClN4O4S2. The Morgan fingerprint density at radius 3 is 2.92 bits per heavy atom. The van der Waals surface area contributed by atoms with Gasteiger partial charge in [0.1, 0.15) is 10.8 Å². The van der Waals surface area contributed by atoms with Crippen LogP contribution in [0.1, 0.15) is 58.6 Å². The van der Waals surface area contributed by atoms with Crippen LogP contribution in [0.4, 0.5) is 5.00 Å². The van der Waals surface area contributed by atoms with E-state index in [0.717, 1.165) is 35.3 Å². The molecule has 11 heteroatoms. The summed E-state index contributed by atoms with van der Waals surface area (Å²) in [6.07, 6.45) is 4.02. The van der Waals surface area contributed by atoms with E-state index in [4.69, 9.17) is 21.1 Å². The molecule has 2 heterocycles. The molecule has 1 N–H and O–H groups in total. The second-order valence-electron chi connectivity index (χ2n) is 9.32.